The molecule has 11 rings (SSSR count). The van der Waals surface area contributed by atoms with Crippen LogP contribution in [0.15, 0.2) is 199 Å². The van der Waals surface area contributed by atoms with Gasteiger partial charge in [-0.05, 0) is 67.8 Å². The van der Waals surface area contributed by atoms with E-state index in [9.17, 15) is 0 Å². The molecule has 2 heterocycles. The van der Waals surface area contributed by atoms with Crippen LogP contribution in [-0.2, 0) is 5.41 Å². The zero-order valence-corrected chi connectivity index (χ0v) is 29.6. The van der Waals surface area contributed by atoms with Crippen LogP contribution in [0.3, 0.4) is 0 Å². The molecule has 2 aliphatic heterocycles. The Labute approximate surface area is 315 Å². The molecule has 2 heteroatoms. The number of nitrogens with zero attached hydrogens (tertiary/aromatic N) is 1. The first kappa shape index (κ1) is 30.8. The molecule has 0 N–H and O–H groups in total. The van der Waals surface area contributed by atoms with E-state index < -0.39 is 5.41 Å². The first-order chi connectivity index (χ1) is 26.8. The molecule has 0 saturated carbocycles. The van der Waals surface area contributed by atoms with Gasteiger partial charge in [-0.1, -0.05) is 182 Å². The molecule has 54 heavy (non-hydrogen) atoms. The van der Waals surface area contributed by atoms with E-state index in [0.29, 0.717) is 0 Å². The second-order valence-corrected chi connectivity index (χ2v) is 14.6. The summed E-state index contributed by atoms with van der Waals surface area (Å²) in [6.45, 7) is 0. The summed E-state index contributed by atoms with van der Waals surface area (Å²) in [6.07, 6.45) is 0.876. The maximum absolute atomic E-state index is 6.91. The summed E-state index contributed by atoms with van der Waals surface area (Å²) in [5.41, 5.74) is 17.6. The van der Waals surface area contributed by atoms with Crippen molar-refractivity contribution in [3.63, 3.8) is 0 Å². The summed E-state index contributed by atoms with van der Waals surface area (Å²) in [4.78, 5) is 5.14. The molecular weight excluding hydrogens is 655 g/mol. The van der Waals surface area contributed by atoms with E-state index in [4.69, 9.17) is 9.73 Å². The van der Waals surface area contributed by atoms with Crippen molar-refractivity contribution in [2.75, 3.05) is 0 Å². The van der Waals surface area contributed by atoms with Crippen molar-refractivity contribution in [1.82, 2.24) is 0 Å². The highest BCUT2D eigenvalue weighted by Gasteiger charge is 2.51. The smallest absolute Gasteiger partial charge is 0.140 e. The molecule has 254 valence electrons. The Morgan fingerprint density at radius 3 is 1.69 bits per heavy atom. The van der Waals surface area contributed by atoms with Gasteiger partial charge >= 0.3 is 0 Å². The molecule has 0 saturated heterocycles. The predicted molar refractivity (Wildman–Crippen MR) is 220 cm³/mol. The lowest BCUT2D eigenvalue weighted by atomic mass is 9.65. The third-order valence-corrected chi connectivity index (χ3v) is 11.8. The predicted octanol–water partition coefficient (Wildman–Crippen LogP) is 13.1. The molecule has 1 atom stereocenters. The van der Waals surface area contributed by atoms with Gasteiger partial charge in [-0.15, -0.1) is 0 Å². The van der Waals surface area contributed by atoms with Crippen LogP contribution in [0.2, 0.25) is 0 Å². The van der Waals surface area contributed by atoms with Gasteiger partial charge in [0, 0.05) is 34.7 Å². The summed E-state index contributed by atoms with van der Waals surface area (Å²) in [5, 5.41) is 0. The zero-order valence-electron chi connectivity index (χ0n) is 29.6. The highest BCUT2D eigenvalue weighted by molar-refractivity contribution is 6.04. The molecule has 1 aliphatic carbocycles. The maximum atomic E-state index is 6.91. The van der Waals surface area contributed by atoms with Crippen molar-refractivity contribution in [3.05, 3.63) is 233 Å². The van der Waals surface area contributed by atoms with Crippen LogP contribution in [0.5, 0.6) is 11.5 Å². The minimum Gasteiger partial charge on any atom is -0.456 e. The number of hydrogen-bond acceptors (Lipinski definition) is 2. The summed E-state index contributed by atoms with van der Waals surface area (Å²) in [7, 11) is 0. The normalized spacial score (nSPS) is 15.6. The van der Waals surface area contributed by atoms with Crippen LogP contribution in [0.1, 0.15) is 51.3 Å². The van der Waals surface area contributed by atoms with Gasteiger partial charge in [0.2, 0.25) is 0 Å². The number of fused-ring (bicyclic) bond motifs is 10. The van der Waals surface area contributed by atoms with Crippen molar-refractivity contribution in [2.24, 2.45) is 4.99 Å². The lowest BCUT2D eigenvalue weighted by Gasteiger charge is -2.40. The molecule has 0 bridgehead atoms. The van der Waals surface area contributed by atoms with Crippen molar-refractivity contribution >= 4 is 11.4 Å². The first-order valence-corrected chi connectivity index (χ1v) is 18.8. The summed E-state index contributed by atoms with van der Waals surface area (Å²) >= 11 is 0. The van der Waals surface area contributed by atoms with E-state index in [-0.39, 0.29) is 5.92 Å². The molecule has 0 aromatic heterocycles. The third kappa shape index (κ3) is 4.56. The standard InChI is InChI=1S/C52H35NO/c1-2-13-36(14-3-1)43-33-49(53-48-23-10-6-17-42(43)48)38-31-27-35(28-32-38)34-25-29-37(30-26-34)39-18-12-22-47-51(39)54-50-24-11-9-21-46(50)52(47)44-19-7-4-15-40(44)41-16-5-8-20-45(41)52/h1-32,43H,33H2. The fourth-order valence-electron chi connectivity index (χ4n) is 9.35. The molecule has 2 nitrogen and oxygen atoms in total. The molecular formula is C52H35NO. The highest BCUT2D eigenvalue weighted by Crippen LogP contribution is 2.63. The minimum absolute atomic E-state index is 0.288. The number of benzene rings is 8. The van der Waals surface area contributed by atoms with Gasteiger partial charge in [0.15, 0.2) is 0 Å². The van der Waals surface area contributed by atoms with E-state index >= 15 is 0 Å². The Balaban J connectivity index is 0.953. The fraction of sp³-hybridized carbons (Fsp3) is 0.0577. The third-order valence-electron chi connectivity index (χ3n) is 11.8. The summed E-state index contributed by atoms with van der Waals surface area (Å²) < 4.78 is 6.91. The number of aliphatic imine (C=N–C) groups is 1. The molecule has 0 fully saturated rings. The van der Waals surface area contributed by atoms with Gasteiger partial charge < -0.3 is 4.74 Å². The highest BCUT2D eigenvalue weighted by atomic mass is 16.5. The second kappa shape index (κ2) is 12.1. The molecule has 8 aromatic rings. The Morgan fingerprint density at radius 2 is 0.963 bits per heavy atom. The Morgan fingerprint density at radius 1 is 0.426 bits per heavy atom. The average molecular weight is 690 g/mol. The second-order valence-electron chi connectivity index (χ2n) is 14.6. The molecule has 8 aromatic carbocycles. The van der Waals surface area contributed by atoms with Gasteiger partial charge in [0.1, 0.15) is 11.5 Å². The van der Waals surface area contributed by atoms with Crippen molar-refractivity contribution in [3.8, 4) is 44.9 Å². The average Bonchev–Trinajstić information content (AvgIpc) is 3.54. The molecule has 1 unspecified atom stereocenters. The lowest BCUT2D eigenvalue weighted by molar-refractivity contribution is 0.438. The quantitative estimate of drug-likeness (QED) is 0.180. The molecule has 0 amide bonds. The number of hydrogen-bond donors (Lipinski definition) is 0. The van der Waals surface area contributed by atoms with E-state index in [1.165, 1.54) is 61.2 Å². The molecule has 0 radical (unpaired) electrons. The van der Waals surface area contributed by atoms with Crippen LogP contribution in [0.4, 0.5) is 5.69 Å². The zero-order chi connectivity index (χ0) is 35.6. The van der Waals surface area contributed by atoms with E-state index in [1.807, 2.05) is 0 Å². The van der Waals surface area contributed by atoms with Crippen molar-refractivity contribution in [2.45, 2.75) is 17.8 Å². The van der Waals surface area contributed by atoms with Crippen LogP contribution in [-0.4, -0.2) is 5.71 Å². The van der Waals surface area contributed by atoms with Crippen LogP contribution >= 0.6 is 0 Å². The lowest BCUT2D eigenvalue weighted by Crippen LogP contribution is -2.32. The largest absolute Gasteiger partial charge is 0.456 e. The van der Waals surface area contributed by atoms with Gasteiger partial charge in [0.25, 0.3) is 0 Å². The monoisotopic (exact) mass is 689 g/mol. The van der Waals surface area contributed by atoms with Crippen LogP contribution < -0.4 is 4.74 Å². The van der Waals surface area contributed by atoms with Gasteiger partial charge in [0.05, 0.1) is 11.1 Å². The van der Waals surface area contributed by atoms with E-state index in [1.54, 1.807) is 0 Å². The summed E-state index contributed by atoms with van der Waals surface area (Å²) in [5.74, 6) is 2.11. The summed E-state index contributed by atoms with van der Waals surface area (Å²) in [6, 6.07) is 70.2. The fourth-order valence-corrected chi connectivity index (χ4v) is 9.35. The number of ether oxygens (including phenoxy) is 1. The Kier molecular flexibility index (Phi) is 6.93. The van der Waals surface area contributed by atoms with Crippen molar-refractivity contribution in [1.29, 1.82) is 0 Å². The Bertz CT molecular complexity index is 2710. The van der Waals surface area contributed by atoms with Crippen molar-refractivity contribution < 1.29 is 4.74 Å². The molecule has 3 aliphatic rings. The number of para-hydroxylation sites is 3. The first-order valence-electron chi connectivity index (χ1n) is 18.8. The van der Waals surface area contributed by atoms with Crippen LogP contribution in [0, 0.1) is 0 Å². The number of rotatable bonds is 4. The van der Waals surface area contributed by atoms with Crippen LogP contribution in [0.25, 0.3) is 33.4 Å². The SMILES string of the molecule is c1ccc(C2CC(c3ccc(-c4ccc(-c5cccc6c5Oc5ccccc5C65c6ccccc6-c6ccccc65)cc4)cc3)=Nc3ccccc32)cc1. The molecule has 1 spiro atoms. The van der Waals surface area contributed by atoms with Gasteiger partial charge in [-0.3, -0.25) is 4.99 Å². The van der Waals surface area contributed by atoms with E-state index in [0.717, 1.165) is 40.4 Å². The van der Waals surface area contributed by atoms with Gasteiger partial charge in [-0.2, -0.15) is 0 Å². The topological polar surface area (TPSA) is 21.6 Å². The van der Waals surface area contributed by atoms with Gasteiger partial charge in [-0.25, -0.2) is 0 Å². The Hall–Kier alpha value is -6.77. The minimum atomic E-state index is -0.471. The maximum Gasteiger partial charge on any atom is 0.140 e. The van der Waals surface area contributed by atoms with E-state index in [2.05, 4.69) is 194 Å².